The largest absolute Gasteiger partial charge is 0.449 e. The van der Waals surface area contributed by atoms with Crippen molar-refractivity contribution in [2.45, 2.75) is 52.6 Å². The number of carbonyl (C=O) groups is 1. The van der Waals surface area contributed by atoms with Gasteiger partial charge in [-0.3, -0.25) is 4.79 Å². The molecule has 0 aliphatic heterocycles. The first-order valence-electron chi connectivity index (χ1n) is 4.82. The Morgan fingerprint density at radius 3 is 2.69 bits per heavy atom. The second kappa shape index (κ2) is 7.67. The molecule has 0 saturated heterocycles. The molecular formula is C11H18O2. The van der Waals surface area contributed by atoms with Crippen molar-refractivity contribution in [3.63, 3.8) is 0 Å². The zero-order valence-corrected chi connectivity index (χ0v) is 8.72. The van der Waals surface area contributed by atoms with E-state index >= 15 is 0 Å². The van der Waals surface area contributed by atoms with E-state index in [1.165, 1.54) is 0 Å². The maximum atomic E-state index is 11.1. The van der Waals surface area contributed by atoms with Gasteiger partial charge in [-0.25, -0.2) is 0 Å². The van der Waals surface area contributed by atoms with Crippen LogP contribution in [0.1, 0.15) is 46.5 Å². The summed E-state index contributed by atoms with van der Waals surface area (Å²) in [6.07, 6.45) is 3.38. The van der Waals surface area contributed by atoms with Gasteiger partial charge in [-0.1, -0.05) is 25.7 Å². The molecule has 0 amide bonds. The van der Waals surface area contributed by atoms with Gasteiger partial charge in [-0.15, -0.1) is 5.92 Å². The van der Waals surface area contributed by atoms with Gasteiger partial charge in [0, 0.05) is 6.42 Å². The Morgan fingerprint density at radius 2 is 2.15 bits per heavy atom. The molecular weight excluding hydrogens is 164 g/mol. The Kier molecular flexibility index (Phi) is 7.10. The number of hydrogen-bond acceptors (Lipinski definition) is 2. The minimum atomic E-state index is -0.265. The summed E-state index contributed by atoms with van der Waals surface area (Å²) in [5, 5.41) is 0. The smallest absolute Gasteiger partial charge is 0.307 e. The lowest BCUT2D eigenvalue weighted by molar-refractivity contribution is -0.145. The average Bonchev–Trinajstić information content (AvgIpc) is 2.05. The fourth-order valence-corrected chi connectivity index (χ4v) is 1.01. The molecule has 0 radical (unpaired) electrons. The van der Waals surface area contributed by atoms with Crippen molar-refractivity contribution >= 4 is 5.97 Å². The number of ether oxygens (including phenoxy) is 1. The highest BCUT2D eigenvalue weighted by Crippen LogP contribution is 2.02. The fraction of sp³-hybridized carbons (Fsp3) is 0.727. The van der Waals surface area contributed by atoms with E-state index in [4.69, 9.17) is 4.74 Å². The van der Waals surface area contributed by atoms with E-state index in [0.29, 0.717) is 6.42 Å². The van der Waals surface area contributed by atoms with Crippen molar-refractivity contribution in [1.82, 2.24) is 0 Å². The second-order valence-electron chi connectivity index (χ2n) is 2.98. The monoisotopic (exact) mass is 182 g/mol. The van der Waals surface area contributed by atoms with Gasteiger partial charge in [-0.05, 0) is 20.3 Å². The van der Waals surface area contributed by atoms with Crippen molar-refractivity contribution < 1.29 is 9.53 Å². The second-order valence-corrected chi connectivity index (χ2v) is 2.98. The summed E-state index contributed by atoms with van der Waals surface area (Å²) in [5.74, 6) is 5.35. The van der Waals surface area contributed by atoms with Crippen LogP contribution in [0.2, 0.25) is 0 Å². The molecule has 0 bridgehead atoms. The van der Waals surface area contributed by atoms with E-state index in [9.17, 15) is 4.79 Å². The standard InChI is InChI=1S/C11H18O2/c1-4-6-7-9-11(12)13-10(3)8-5-2/h10H,4,6-7,9H2,1-3H3/t10-/m0/s1. The van der Waals surface area contributed by atoms with Crippen LogP contribution in [0.25, 0.3) is 0 Å². The molecule has 0 spiro atoms. The molecule has 74 valence electrons. The van der Waals surface area contributed by atoms with Crippen LogP contribution in [-0.2, 0) is 9.53 Å². The summed E-state index contributed by atoms with van der Waals surface area (Å²) < 4.78 is 5.02. The van der Waals surface area contributed by atoms with Crippen LogP contribution in [0.5, 0.6) is 0 Å². The van der Waals surface area contributed by atoms with Crippen molar-refractivity contribution in [3.8, 4) is 11.8 Å². The van der Waals surface area contributed by atoms with Crippen molar-refractivity contribution in [2.75, 3.05) is 0 Å². The van der Waals surface area contributed by atoms with Gasteiger partial charge in [0.25, 0.3) is 0 Å². The lowest BCUT2D eigenvalue weighted by Gasteiger charge is -2.06. The maximum Gasteiger partial charge on any atom is 0.307 e. The van der Waals surface area contributed by atoms with Gasteiger partial charge in [0.2, 0.25) is 0 Å². The summed E-state index contributed by atoms with van der Waals surface area (Å²) in [6, 6.07) is 0. The first-order valence-corrected chi connectivity index (χ1v) is 4.82. The molecule has 0 aliphatic rings. The van der Waals surface area contributed by atoms with Gasteiger partial charge in [0.15, 0.2) is 6.10 Å². The van der Waals surface area contributed by atoms with Crippen LogP contribution in [0.15, 0.2) is 0 Å². The highest BCUT2D eigenvalue weighted by atomic mass is 16.5. The molecule has 0 heterocycles. The Morgan fingerprint density at radius 1 is 1.46 bits per heavy atom. The van der Waals surface area contributed by atoms with Crippen molar-refractivity contribution in [3.05, 3.63) is 0 Å². The molecule has 0 aliphatic carbocycles. The molecule has 2 heteroatoms. The Bertz CT molecular complexity index is 198. The van der Waals surface area contributed by atoms with E-state index in [0.717, 1.165) is 19.3 Å². The SMILES string of the molecule is CC#C[C@H](C)OC(=O)CCCCC. The first kappa shape index (κ1) is 12.0. The normalized spacial score (nSPS) is 11.3. The summed E-state index contributed by atoms with van der Waals surface area (Å²) in [4.78, 5) is 11.1. The van der Waals surface area contributed by atoms with Gasteiger partial charge < -0.3 is 4.74 Å². The molecule has 0 unspecified atom stereocenters. The minimum absolute atomic E-state index is 0.135. The van der Waals surface area contributed by atoms with Gasteiger partial charge >= 0.3 is 5.97 Å². The molecule has 0 rings (SSSR count). The Labute approximate surface area is 80.7 Å². The van der Waals surface area contributed by atoms with E-state index < -0.39 is 0 Å². The van der Waals surface area contributed by atoms with Crippen LogP contribution in [-0.4, -0.2) is 12.1 Å². The minimum Gasteiger partial charge on any atom is -0.449 e. The third kappa shape index (κ3) is 7.39. The number of unbranched alkanes of at least 4 members (excludes halogenated alkanes) is 2. The summed E-state index contributed by atoms with van der Waals surface area (Å²) in [5.41, 5.74) is 0. The van der Waals surface area contributed by atoms with Crippen LogP contribution < -0.4 is 0 Å². The fourth-order valence-electron chi connectivity index (χ4n) is 1.01. The number of esters is 1. The molecule has 0 saturated carbocycles. The zero-order valence-electron chi connectivity index (χ0n) is 8.72. The first-order chi connectivity index (χ1) is 6.20. The Hall–Kier alpha value is -0.970. The zero-order chi connectivity index (χ0) is 10.1. The summed E-state index contributed by atoms with van der Waals surface area (Å²) >= 11 is 0. The van der Waals surface area contributed by atoms with E-state index in [1.807, 2.05) is 0 Å². The van der Waals surface area contributed by atoms with Crippen molar-refractivity contribution in [1.29, 1.82) is 0 Å². The summed E-state index contributed by atoms with van der Waals surface area (Å²) in [6.45, 7) is 5.63. The van der Waals surface area contributed by atoms with Gasteiger partial charge in [-0.2, -0.15) is 0 Å². The molecule has 0 aromatic carbocycles. The maximum absolute atomic E-state index is 11.1. The third-order valence-corrected chi connectivity index (χ3v) is 1.64. The quantitative estimate of drug-likeness (QED) is 0.371. The molecule has 1 atom stereocenters. The lowest BCUT2D eigenvalue weighted by atomic mass is 10.2. The van der Waals surface area contributed by atoms with Gasteiger partial charge in [0.05, 0.1) is 0 Å². The highest BCUT2D eigenvalue weighted by Gasteiger charge is 2.05. The predicted molar refractivity (Wildman–Crippen MR) is 53.1 cm³/mol. The van der Waals surface area contributed by atoms with Crippen molar-refractivity contribution in [2.24, 2.45) is 0 Å². The van der Waals surface area contributed by atoms with Crippen LogP contribution in [0.3, 0.4) is 0 Å². The highest BCUT2D eigenvalue weighted by molar-refractivity contribution is 5.69. The number of hydrogen-bond donors (Lipinski definition) is 0. The number of carbonyl (C=O) groups excluding carboxylic acids is 1. The molecule has 0 aromatic heterocycles. The molecule has 13 heavy (non-hydrogen) atoms. The van der Waals surface area contributed by atoms with Crippen LogP contribution >= 0.6 is 0 Å². The predicted octanol–water partition coefficient (Wildman–Crippen LogP) is 2.52. The molecule has 0 aromatic rings. The number of rotatable bonds is 5. The Balaban J connectivity index is 3.54. The van der Waals surface area contributed by atoms with Crippen LogP contribution in [0, 0.1) is 11.8 Å². The van der Waals surface area contributed by atoms with E-state index in [1.54, 1.807) is 13.8 Å². The van der Waals surface area contributed by atoms with E-state index in [-0.39, 0.29) is 12.1 Å². The molecule has 0 N–H and O–H groups in total. The molecule has 2 nitrogen and oxygen atoms in total. The topological polar surface area (TPSA) is 26.3 Å². The lowest BCUT2D eigenvalue weighted by Crippen LogP contribution is -2.12. The van der Waals surface area contributed by atoms with Gasteiger partial charge in [0.1, 0.15) is 0 Å². The third-order valence-electron chi connectivity index (χ3n) is 1.64. The van der Waals surface area contributed by atoms with Crippen LogP contribution in [0.4, 0.5) is 0 Å². The average molecular weight is 182 g/mol. The molecule has 0 fully saturated rings. The summed E-state index contributed by atoms with van der Waals surface area (Å²) in [7, 11) is 0. The van der Waals surface area contributed by atoms with E-state index in [2.05, 4.69) is 18.8 Å².